The van der Waals surface area contributed by atoms with Crippen LogP contribution in [0.5, 0.6) is 11.6 Å². The molecule has 2 heterocycles. The van der Waals surface area contributed by atoms with E-state index in [4.69, 9.17) is 27.9 Å². The third kappa shape index (κ3) is 2.35. The Kier molecular flexibility index (Phi) is 3.55. The highest BCUT2D eigenvalue weighted by atomic mass is 35.5. The van der Waals surface area contributed by atoms with Crippen LogP contribution < -0.4 is 4.74 Å². The van der Waals surface area contributed by atoms with Crippen LogP contribution in [0.3, 0.4) is 0 Å². The van der Waals surface area contributed by atoms with E-state index in [2.05, 4.69) is 4.98 Å². The zero-order valence-corrected chi connectivity index (χ0v) is 12.3. The molecule has 3 nitrogen and oxygen atoms in total. The van der Waals surface area contributed by atoms with Gasteiger partial charge in [0.2, 0.25) is 5.88 Å². The molecule has 3 rings (SSSR count). The Morgan fingerprint density at radius 3 is 2.90 bits per heavy atom. The molecule has 20 heavy (non-hydrogen) atoms. The number of pyridine rings is 1. The van der Waals surface area contributed by atoms with E-state index in [-0.39, 0.29) is 0 Å². The van der Waals surface area contributed by atoms with Crippen molar-refractivity contribution in [3.8, 4) is 11.6 Å². The molecule has 0 amide bonds. The summed E-state index contributed by atoms with van der Waals surface area (Å²) in [5.74, 6) is 1.38. The van der Waals surface area contributed by atoms with E-state index in [9.17, 15) is 0 Å². The van der Waals surface area contributed by atoms with Crippen molar-refractivity contribution in [1.29, 1.82) is 0 Å². The number of hydrogen-bond acceptors (Lipinski definition) is 2. The van der Waals surface area contributed by atoms with E-state index in [0.717, 1.165) is 16.9 Å². The van der Waals surface area contributed by atoms with Gasteiger partial charge < -0.3 is 4.74 Å². The van der Waals surface area contributed by atoms with Gasteiger partial charge in [0, 0.05) is 6.20 Å². The van der Waals surface area contributed by atoms with Gasteiger partial charge in [0.15, 0.2) is 0 Å². The molecule has 0 fully saturated rings. The number of aryl methyl sites for hydroxylation is 1. The van der Waals surface area contributed by atoms with Gasteiger partial charge in [-0.25, -0.2) is 0 Å². The fourth-order valence-electron chi connectivity index (χ4n) is 2.02. The topological polar surface area (TPSA) is 26.5 Å². The Labute approximate surface area is 126 Å². The first-order valence-corrected chi connectivity index (χ1v) is 7.06. The predicted octanol–water partition coefficient (Wildman–Crippen LogP) is 4.83. The lowest BCUT2D eigenvalue weighted by Gasteiger charge is -2.07. The van der Waals surface area contributed by atoms with E-state index in [1.54, 1.807) is 0 Å². The molecule has 102 valence electrons. The van der Waals surface area contributed by atoms with Crippen molar-refractivity contribution in [3.63, 3.8) is 0 Å². The van der Waals surface area contributed by atoms with E-state index in [0.29, 0.717) is 22.5 Å². The van der Waals surface area contributed by atoms with Gasteiger partial charge in [-0.3, -0.25) is 4.40 Å². The smallest absolute Gasteiger partial charge is 0.242 e. The van der Waals surface area contributed by atoms with Gasteiger partial charge in [0.1, 0.15) is 17.1 Å². The summed E-state index contributed by atoms with van der Waals surface area (Å²) in [4.78, 5) is 4.45. The number of hydrogen-bond donors (Lipinski definition) is 0. The zero-order valence-electron chi connectivity index (χ0n) is 10.8. The summed E-state index contributed by atoms with van der Waals surface area (Å²) in [6.07, 6.45) is 1.91. The summed E-state index contributed by atoms with van der Waals surface area (Å²) in [5, 5.41) is 0.549. The van der Waals surface area contributed by atoms with Crippen molar-refractivity contribution >= 4 is 28.8 Å². The third-order valence-electron chi connectivity index (χ3n) is 3.01. The van der Waals surface area contributed by atoms with Crippen LogP contribution in [0.1, 0.15) is 11.3 Å². The van der Waals surface area contributed by atoms with Gasteiger partial charge >= 0.3 is 0 Å². The first kappa shape index (κ1) is 13.3. The quantitative estimate of drug-likeness (QED) is 0.648. The molecule has 2 aromatic heterocycles. The fraction of sp³-hybridized carbons (Fsp3) is 0.133. The van der Waals surface area contributed by atoms with Crippen LogP contribution in [0.2, 0.25) is 5.02 Å². The van der Waals surface area contributed by atoms with Crippen molar-refractivity contribution in [1.82, 2.24) is 9.38 Å². The number of ether oxygens (including phenoxy) is 1. The molecule has 0 radical (unpaired) electrons. The minimum atomic E-state index is 0.309. The second kappa shape index (κ2) is 5.35. The average molecular weight is 307 g/mol. The van der Waals surface area contributed by atoms with E-state index in [1.165, 1.54) is 0 Å². The summed E-state index contributed by atoms with van der Waals surface area (Å²) in [7, 11) is 0. The molecule has 0 aliphatic heterocycles. The van der Waals surface area contributed by atoms with Crippen molar-refractivity contribution in [2.24, 2.45) is 0 Å². The van der Waals surface area contributed by atoms with Crippen LogP contribution in [0.25, 0.3) is 5.65 Å². The van der Waals surface area contributed by atoms with Crippen LogP contribution >= 0.6 is 23.2 Å². The maximum absolute atomic E-state index is 6.15. The monoisotopic (exact) mass is 306 g/mol. The zero-order chi connectivity index (χ0) is 14.1. The van der Waals surface area contributed by atoms with E-state index < -0.39 is 0 Å². The minimum absolute atomic E-state index is 0.309. The molecule has 0 spiro atoms. The number of nitrogens with zero attached hydrogens (tertiary/aromatic N) is 2. The Morgan fingerprint density at radius 1 is 1.25 bits per heavy atom. The normalized spacial score (nSPS) is 10.9. The maximum Gasteiger partial charge on any atom is 0.242 e. The Bertz CT molecular complexity index is 768. The third-order valence-corrected chi connectivity index (χ3v) is 3.58. The van der Waals surface area contributed by atoms with E-state index >= 15 is 0 Å². The number of aromatic nitrogens is 2. The van der Waals surface area contributed by atoms with Gasteiger partial charge in [-0.2, -0.15) is 4.98 Å². The number of rotatable bonds is 3. The summed E-state index contributed by atoms with van der Waals surface area (Å²) >= 11 is 12.2. The average Bonchev–Trinajstić information content (AvgIpc) is 2.80. The molecule has 0 saturated heterocycles. The molecule has 0 aliphatic carbocycles. The summed E-state index contributed by atoms with van der Waals surface area (Å²) in [6, 6.07) is 11.4. The van der Waals surface area contributed by atoms with Gasteiger partial charge in [0.25, 0.3) is 0 Å². The van der Waals surface area contributed by atoms with Crippen LogP contribution in [-0.2, 0) is 5.88 Å². The SMILES string of the molecule is Cc1ccc(Cl)c(Oc2nc3ccccn3c2CCl)c1. The number of halogens is 2. The first-order chi connectivity index (χ1) is 9.69. The van der Waals surface area contributed by atoms with E-state index in [1.807, 2.05) is 53.9 Å². The fourth-order valence-corrected chi connectivity index (χ4v) is 2.42. The van der Waals surface area contributed by atoms with Gasteiger partial charge in [-0.1, -0.05) is 23.7 Å². The van der Waals surface area contributed by atoms with Crippen molar-refractivity contribution in [2.75, 3.05) is 0 Å². The van der Waals surface area contributed by atoms with Crippen molar-refractivity contribution < 1.29 is 4.74 Å². The predicted molar refractivity (Wildman–Crippen MR) is 81.0 cm³/mol. The summed E-state index contributed by atoms with van der Waals surface area (Å²) < 4.78 is 7.76. The molecule has 0 N–H and O–H groups in total. The van der Waals surface area contributed by atoms with Crippen molar-refractivity contribution in [3.05, 3.63) is 58.9 Å². The number of imidazole rings is 1. The molecular weight excluding hydrogens is 295 g/mol. The van der Waals surface area contributed by atoms with Gasteiger partial charge in [-0.05, 0) is 36.8 Å². The molecule has 0 aliphatic rings. The molecular formula is C15H12Cl2N2O. The van der Waals surface area contributed by atoms with Crippen molar-refractivity contribution in [2.45, 2.75) is 12.8 Å². The molecule has 0 atom stereocenters. The molecule has 0 unspecified atom stereocenters. The molecule has 5 heteroatoms. The summed E-state index contributed by atoms with van der Waals surface area (Å²) in [6.45, 7) is 1.98. The lowest BCUT2D eigenvalue weighted by Crippen LogP contribution is -1.92. The first-order valence-electron chi connectivity index (χ1n) is 6.15. The summed E-state index contributed by atoms with van der Waals surface area (Å²) in [5.41, 5.74) is 2.67. The lowest BCUT2D eigenvalue weighted by molar-refractivity contribution is 0.461. The Morgan fingerprint density at radius 2 is 2.10 bits per heavy atom. The maximum atomic E-state index is 6.15. The lowest BCUT2D eigenvalue weighted by atomic mass is 10.2. The van der Waals surface area contributed by atoms with Crippen LogP contribution in [-0.4, -0.2) is 9.38 Å². The molecule has 3 aromatic rings. The highest BCUT2D eigenvalue weighted by Crippen LogP contribution is 2.32. The van der Waals surface area contributed by atoms with Gasteiger partial charge in [-0.15, -0.1) is 11.6 Å². The second-order valence-corrected chi connectivity index (χ2v) is 5.14. The van der Waals surface area contributed by atoms with Crippen LogP contribution in [0.15, 0.2) is 42.6 Å². The van der Waals surface area contributed by atoms with Crippen LogP contribution in [0, 0.1) is 6.92 Å². The number of benzene rings is 1. The van der Waals surface area contributed by atoms with Crippen LogP contribution in [0.4, 0.5) is 0 Å². The Balaban J connectivity index is 2.08. The molecule has 0 saturated carbocycles. The Hall–Kier alpha value is -1.71. The highest BCUT2D eigenvalue weighted by Gasteiger charge is 2.14. The second-order valence-electron chi connectivity index (χ2n) is 4.46. The standard InChI is InChI=1S/C15H12Cl2N2O/c1-10-5-6-11(17)13(8-10)20-15-12(9-16)19-7-3-2-4-14(19)18-15/h2-8H,9H2,1H3. The number of alkyl halides is 1. The highest BCUT2D eigenvalue weighted by molar-refractivity contribution is 6.32. The molecule has 1 aromatic carbocycles. The number of fused-ring (bicyclic) bond motifs is 1. The largest absolute Gasteiger partial charge is 0.436 e. The minimum Gasteiger partial charge on any atom is -0.436 e. The molecule has 0 bridgehead atoms. The van der Waals surface area contributed by atoms with Gasteiger partial charge in [0.05, 0.1) is 10.9 Å².